The van der Waals surface area contributed by atoms with Gasteiger partial charge in [0.05, 0.1) is 30.6 Å². The molecule has 0 fully saturated rings. The number of nitrogens with zero attached hydrogens (tertiary/aromatic N) is 2. The van der Waals surface area contributed by atoms with E-state index in [4.69, 9.17) is 9.47 Å². The van der Waals surface area contributed by atoms with Crippen molar-refractivity contribution < 1.29 is 23.4 Å². The SMILES string of the molecule is CC1N(C)c2cccc(OC3CCOc4cc(F)cc(F)c43)c2N1CCO. The molecule has 0 amide bonds. The van der Waals surface area contributed by atoms with Crippen LogP contribution in [-0.4, -0.2) is 38.1 Å². The van der Waals surface area contributed by atoms with Crippen LogP contribution in [0.3, 0.4) is 0 Å². The molecule has 5 nitrogen and oxygen atoms in total. The van der Waals surface area contributed by atoms with E-state index in [0.717, 1.165) is 17.4 Å². The van der Waals surface area contributed by atoms with Crippen LogP contribution >= 0.6 is 0 Å². The molecular formula is C20H22F2N2O3. The number of halogens is 2. The molecule has 2 aliphatic rings. The van der Waals surface area contributed by atoms with Crippen LogP contribution in [-0.2, 0) is 0 Å². The summed E-state index contributed by atoms with van der Waals surface area (Å²) in [5, 5.41) is 9.46. The van der Waals surface area contributed by atoms with Crippen molar-refractivity contribution in [2.24, 2.45) is 0 Å². The van der Waals surface area contributed by atoms with Gasteiger partial charge in [0.15, 0.2) is 0 Å². The van der Waals surface area contributed by atoms with Gasteiger partial charge in [0, 0.05) is 32.1 Å². The minimum absolute atomic E-state index is 0.0139. The van der Waals surface area contributed by atoms with Crippen molar-refractivity contribution in [3.63, 3.8) is 0 Å². The van der Waals surface area contributed by atoms with Gasteiger partial charge in [0.25, 0.3) is 0 Å². The molecule has 0 aromatic heterocycles. The van der Waals surface area contributed by atoms with Gasteiger partial charge in [0.2, 0.25) is 0 Å². The first-order valence-electron chi connectivity index (χ1n) is 9.03. The van der Waals surface area contributed by atoms with Gasteiger partial charge in [-0.3, -0.25) is 0 Å². The van der Waals surface area contributed by atoms with Crippen LogP contribution in [0, 0.1) is 11.6 Å². The predicted molar refractivity (Wildman–Crippen MR) is 98.6 cm³/mol. The highest BCUT2D eigenvalue weighted by Crippen LogP contribution is 2.47. The van der Waals surface area contributed by atoms with E-state index >= 15 is 0 Å². The number of ether oxygens (including phenoxy) is 2. The monoisotopic (exact) mass is 376 g/mol. The molecule has 2 aromatic rings. The molecule has 1 N–H and O–H groups in total. The van der Waals surface area contributed by atoms with E-state index in [1.54, 1.807) is 0 Å². The summed E-state index contributed by atoms with van der Waals surface area (Å²) in [4.78, 5) is 4.16. The van der Waals surface area contributed by atoms with Crippen molar-refractivity contribution in [2.75, 3.05) is 36.6 Å². The second-order valence-electron chi connectivity index (χ2n) is 6.83. The van der Waals surface area contributed by atoms with Gasteiger partial charge in [-0.05, 0) is 19.1 Å². The Morgan fingerprint density at radius 3 is 2.89 bits per heavy atom. The summed E-state index contributed by atoms with van der Waals surface area (Å²) in [6, 6.07) is 7.77. The van der Waals surface area contributed by atoms with Crippen LogP contribution in [0.5, 0.6) is 11.5 Å². The highest BCUT2D eigenvalue weighted by molar-refractivity contribution is 5.82. The van der Waals surface area contributed by atoms with E-state index < -0.39 is 17.7 Å². The third-order valence-electron chi connectivity index (χ3n) is 5.28. The van der Waals surface area contributed by atoms with Gasteiger partial charge in [-0.2, -0.15) is 0 Å². The summed E-state index contributed by atoms with van der Waals surface area (Å²) < 4.78 is 39.6. The number of rotatable bonds is 4. The average Bonchev–Trinajstić information content (AvgIpc) is 2.88. The molecular weight excluding hydrogens is 354 g/mol. The zero-order chi connectivity index (χ0) is 19.1. The number of aliphatic hydroxyl groups excluding tert-OH is 1. The van der Waals surface area contributed by atoms with Crippen molar-refractivity contribution in [2.45, 2.75) is 25.6 Å². The fraction of sp³-hybridized carbons (Fsp3) is 0.400. The Bertz CT molecular complexity index is 861. The Morgan fingerprint density at radius 2 is 2.11 bits per heavy atom. The Morgan fingerprint density at radius 1 is 1.30 bits per heavy atom. The fourth-order valence-corrected chi connectivity index (χ4v) is 3.87. The third-order valence-corrected chi connectivity index (χ3v) is 5.28. The number of benzene rings is 2. The van der Waals surface area contributed by atoms with Crippen LogP contribution in [0.2, 0.25) is 0 Å². The lowest BCUT2D eigenvalue weighted by Crippen LogP contribution is -2.40. The lowest BCUT2D eigenvalue weighted by atomic mass is 10.0. The van der Waals surface area contributed by atoms with Gasteiger partial charge >= 0.3 is 0 Å². The molecule has 2 aliphatic heterocycles. The first kappa shape index (κ1) is 17.9. The smallest absolute Gasteiger partial charge is 0.145 e. The summed E-state index contributed by atoms with van der Waals surface area (Å²) in [6.07, 6.45) is -0.0484. The highest BCUT2D eigenvalue weighted by Gasteiger charge is 2.35. The summed E-state index contributed by atoms with van der Waals surface area (Å²) in [5.74, 6) is -0.537. The fourth-order valence-electron chi connectivity index (χ4n) is 3.87. The summed E-state index contributed by atoms with van der Waals surface area (Å²) in [6.45, 7) is 2.85. The van der Waals surface area contributed by atoms with Crippen LogP contribution < -0.4 is 19.3 Å². The minimum Gasteiger partial charge on any atom is -0.493 e. The molecule has 0 radical (unpaired) electrons. The Labute approximate surface area is 156 Å². The maximum Gasteiger partial charge on any atom is 0.145 e. The normalized spacial score (nSPS) is 20.9. The number of hydrogen-bond donors (Lipinski definition) is 1. The van der Waals surface area contributed by atoms with Crippen molar-refractivity contribution in [1.29, 1.82) is 0 Å². The van der Waals surface area contributed by atoms with Crippen molar-refractivity contribution in [3.05, 3.63) is 47.5 Å². The topological polar surface area (TPSA) is 45.2 Å². The Balaban J connectivity index is 1.72. The molecule has 2 heterocycles. The van der Waals surface area contributed by atoms with Crippen LogP contribution in [0.1, 0.15) is 25.0 Å². The zero-order valence-corrected chi connectivity index (χ0v) is 15.3. The second kappa shape index (κ2) is 6.88. The van der Waals surface area contributed by atoms with Crippen LogP contribution in [0.15, 0.2) is 30.3 Å². The van der Waals surface area contributed by atoms with Crippen LogP contribution in [0.25, 0.3) is 0 Å². The molecule has 144 valence electrons. The first-order valence-corrected chi connectivity index (χ1v) is 9.03. The lowest BCUT2D eigenvalue weighted by Gasteiger charge is -2.30. The number of para-hydroxylation sites is 1. The van der Waals surface area contributed by atoms with E-state index in [9.17, 15) is 13.9 Å². The molecule has 27 heavy (non-hydrogen) atoms. The third kappa shape index (κ3) is 2.96. The zero-order valence-electron chi connectivity index (χ0n) is 15.3. The molecule has 0 spiro atoms. The molecule has 2 atom stereocenters. The van der Waals surface area contributed by atoms with Crippen molar-refractivity contribution in [1.82, 2.24) is 0 Å². The molecule has 0 aliphatic carbocycles. The Hall–Kier alpha value is -2.54. The number of β-amino-alcohol motifs (C(OH)–C–C–N with tert-alkyl or cyclic N) is 1. The molecule has 7 heteroatoms. The average molecular weight is 376 g/mol. The molecule has 2 unspecified atom stereocenters. The van der Waals surface area contributed by atoms with Crippen molar-refractivity contribution in [3.8, 4) is 11.5 Å². The van der Waals surface area contributed by atoms with E-state index in [-0.39, 0.29) is 24.1 Å². The molecule has 0 bridgehead atoms. The van der Waals surface area contributed by atoms with E-state index in [1.165, 1.54) is 6.07 Å². The predicted octanol–water partition coefficient (Wildman–Crippen LogP) is 3.46. The van der Waals surface area contributed by atoms with Crippen LogP contribution in [0.4, 0.5) is 20.2 Å². The maximum absolute atomic E-state index is 14.4. The second-order valence-corrected chi connectivity index (χ2v) is 6.83. The van der Waals surface area contributed by atoms with E-state index in [1.807, 2.05) is 32.2 Å². The summed E-state index contributed by atoms with van der Waals surface area (Å²) in [7, 11) is 1.98. The maximum atomic E-state index is 14.4. The van der Waals surface area contributed by atoms with Crippen molar-refractivity contribution >= 4 is 11.4 Å². The summed E-state index contributed by atoms with van der Waals surface area (Å²) in [5.41, 5.74) is 2.10. The minimum atomic E-state index is -0.669. The first-order chi connectivity index (χ1) is 13.0. The Kier molecular flexibility index (Phi) is 4.55. The molecule has 0 saturated carbocycles. The number of fused-ring (bicyclic) bond motifs is 2. The summed E-state index contributed by atoms with van der Waals surface area (Å²) >= 11 is 0. The quantitative estimate of drug-likeness (QED) is 0.885. The van der Waals surface area contributed by atoms with E-state index in [0.29, 0.717) is 25.3 Å². The number of anilines is 2. The largest absolute Gasteiger partial charge is 0.493 e. The number of hydrogen-bond acceptors (Lipinski definition) is 5. The van der Waals surface area contributed by atoms with Gasteiger partial charge in [-0.25, -0.2) is 8.78 Å². The molecule has 4 rings (SSSR count). The standard InChI is InChI=1S/C20H22F2N2O3/c1-12-23(2)15-4-3-5-17(20(15)24(12)7-8-25)27-16-6-9-26-18-11-13(21)10-14(22)19(16)18/h3-5,10-12,16,25H,6-9H2,1-2H3. The highest BCUT2D eigenvalue weighted by atomic mass is 19.1. The van der Waals surface area contributed by atoms with Gasteiger partial charge < -0.3 is 24.4 Å². The van der Waals surface area contributed by atoms with Gasteiger partial charge in [-0.1, -0.05) is 6.07 Å². The lowest BCUT2D eigenvalue weighted by molar-refractivity contribution is 0.131. The van der Waals surface area contributed by atoms with E-state index in [2.05, 4.69) is 9.80 Å². The number of aliphatic hydroxyl groups is 1. The molecule has 2 aromatic carbocycles. The van der Waals surface area contributed by atoms with Gasteiger partial charge in [-0.15, -0.1) is 0 Å². The van der Waals surface area contributed by atoms with Gasteiger partial charge in [0.1, 0.15) is 34.9 Å². The molecule has 0 saturated heterocycles.